The minimum Gasteiger partial charge on any atom is -0.503 e. The van der Waals surface area contributed by atoms with Crippen molar-refractivity contribution in [1.29, 1.82) is 0 Å². The van der Waals surface area contributed by atoms with Gasteiger partial charge in [0.05, 0.1) is 11.4 Å². The molecule has 0 bridgehead atoms. The largest absolute Gasteiger partial charge is 0.503 e. The van der Waals surface area contributed by atoms with Crippen LogP contribution in [0.2, 0.25) is 0 Å². The molecular formula is C16H16N2O5. The van der Waals surface area contributed by atoms with Crippen LogP contribution < -0.4 is 11.0 Å². The number of aromatic amines is 1. The molecule has 0 aliphatic carbocycles. The number of nitrogens with one attached hydrogen (secondary N) is 1. The highest BCUT2D eigenvalue weighted by atomic mass is 16.4. The van der Waals surface area contributed by atoms with Crippen LogP contribution in [0.5, 0.6) is 5.75 Å². The highest BCUT2D eigenvalue weighted by molar-refractivity contribution is 5.87. The first-order chi connectivity index (χ1) is 10.8. The number of pyridine rings is 2. The molecule has 0 saturated carbocycles. The van der Waals surface area contributed by atoms with Crippen LogP contribution in [-0.2, 0) is 6.42 Å². The van der Waals surface area contributed by atoms with Gasteiger partial charge in [0.15, 0.2) is 11.2 Å². The maximum Gasteiger partial charge on any atom is 0.341 e. The topological polar surface area (TPSA) is 112 Å². The first-order valence-corrected chi connectivity index (χ1v) is 7.24. The molecule has 1 aliphatic rings. The van der Waals surface area contributed by atoms with Crippen LogP contribution in [0.25, 0.3) is 11.4 Å². The number of aromatic hydroxyl groups is 1. The number of carboxylic acids is 1. The lowest BCUT2D eigenvalue weighted by atomic mass is 9.90. The molecule has 7 nitrogen and oxygen atoms in total. The molecule has 1 aliphatic heterocycles. The van der Waals surface area contributed by atoms with E-state index < -0.39 is 17.0 Å². The summed E-state index contributed by atoms with van der Waals surface area (Å²) < 4.78 is 1.73. The van der Waals surface area contributed by atoms with Crippen LogP contribution in [0.15, 0.2) is 27.9 Å². The fourth-order valence-corrected chi connectivity index (χ4v) is 3.02. The van der Waals surface area contributed by atoms with Gasteiger partial charge in [-0.1, -0.05) is 13.8 Å². The molecule has 0 spiro atoms. The molecule has 7 heteroatoms. The third-order valence-electron chi connectivity index (χ3n) is 4.23. The van der Waals surface area contributed by atoms with Gasteiger partial charge in [0, 0.05) is 18.3 Å². The Morgan fingerprint density at radius 1 is 1.35 bits per heavy atom. The Labute approximate surface area is 130 Å². The summed E-state index contributed by atoms with van der Waals surface area (Å²) >= 11 is 0. The van der Waals surface area contributed by atoms with E-state index in [1.807, 2.05) is 13.8 Å². The maximum atomic E-state index is 12.0. The summed E-state index contributed by atoms with van der Waals surface area (Å²) in [4.78, 5) is 37.5. The van der Waals surface area contributed by atoms with Crippen LogP contribution in [0.3, 0.4) is 0 Å². The van der Waals surface area contributed by atoms with Crippen LogP contribution in [-0.4, -0.2) is 25.7 Å². The van der Waals surface area contributed by atoms with Crippen molar-refractivity contribution in [2.24, 2.45) is 5.92 Å². The Hall–Kier alpha value is -2.83. The number of carbonyl (C=O) groups is 1. The van der Waals surface area contributed by atoms with Crippen LogP contribution in [0.1, 0.15) is 35.8 Å². The summed E-state index contributed by atoms with van der Waals surface area (Å²) in [6.45, 7) is 3.98. The normalized spacial score (nSPS) is 16.0. The van der Waals surface area contributed by atoms with Gasteiger partial charge in [-0.2, -0.15) is 0 Å². The Morgan fingerprint density at radius 2 is 2.04 bits per heavy atom. The lowest BCUT2D eigenvalue weighted by Gasteiger charge is -2.32. The summed E-state index contributed by atoms with van der Waals surface area (Å²) in [7, 11) is 0. The fraction of sp³-hybridized carbons (Fsp3) is 0.312. The van der Waals surface area contributed by atoms with Gasteiger partial charge in [0.25, 0.3) is 5.56 Å². The third-order valence-corrected chi connectivity index (χ3v) is 4.23. The zero-order valence-electron chi connectivity index (χ0n) is 12.7. The smallest absolute Gasteiger partial charge is 0.341 e. The number of H-pyrrole nitrogens is 1. The second kappa shape index (κ2) is 5.12. The first-order valence-electron chi connectivity index (χ1n) is 7.24. The van der Waals surface area contributed by atoms with E-state index in [-0.39, 0.29) is 23.3 Å². The molecule has 0 aromatic carbocycles. The monoisotopic (exact) mass is 316 g/mol. The Morgan fingerprint density at radius 3 is 2.65 bits per heavy atom. The van der Waals surface area contributed by atoms with Crippen LogP contribution in [0, 0.1) is 5.92 Å². The van der Waals surface area contributed by atoms with Crippen molar-refractivity contribution in [3.05, 3.63) is 50.0 Å². The molecule has 3 heterocycles. The van der Waals surface area contributed by atoms with E-state index in [0.717, 1.165) is 5.56 Å². The molecule has 0 unspecified atom stereocenters. The highest BCUT2D eigenvalue weighted by Crippen LogP contribution is 2.36. The lowest BCUT2D eigenvalue weighted by Crippen LogP contribution is -2.29. The van der Waals surface area contributed by atoms with E-state index in [1.54, 1.807) is 4.57 Å². The zero-order valence-corrected chi connectivity index (χ0v) is 12.7. The molecule has 1 atom stereocenters. The van der Waals surface area contributed by atoms with Gasteiger partial charge in [-0.15, -0.1) is 0 Å². The van der Waals surface area contributed by atoms with E-state index in [0.29, 0.717) is 17.8 Å². The maximum absolute atomic E-state index is 12.0. The van der Waals surface area contributed by atoms with E-state index in [4.69, 9.17) is 5.11 Å². The van der Waals surface area contributed by atoms with Crippen molar-refractivity contribution < 1.29 is 15.0 Å². The van der Waals surface area contributed by atoms with Crippen molar-refractivity contribution in [1.82, 2.24) is 9.55 Å². The number of aromatic carboxylic acids is 1. The molecule has 120 valence electrons. The van der Waals surface area contributed by atoms with Crippen molar-refractivity contribution >= 4 is 5.97 Å². The van der Waals surface area contributed by atoms with Crippen molar-refractivity contribution in [2.45, 2.75) is 26.3 Å². The second-order valence-corrected chi connectivity index (χ2v) is 6.05. The van der Waals surface area contributed by atoms with Gasteiger partial charge in [0.2, 0.25) is 0 Å². The van der Waals surface area contributed by atoms with Crippen molar-refractivity contribution in [3.63, 3.8) is 0 Å². The minimum absolute atomic E-state index is 0.0819. The zero-order chi connectivity index (χ0) is 16.9. The van der Waals surface area contributed by atoms with Gasteiger partial charge < -0.3 is 19.8 Å². The second-order valence-electron chi connectivity index (χ2n) is 6.05. The summed E-state index contributed by atoms with van der Waals surface area (Å²) in [6, 6.07) is 2.55. The number of carboxylic acid groups (broad SMARTS) is 1. The highest BCUT2D eigenvalue weighted by Gasteiger charge is 2.29. The van der Waals surface area contributed by atoms with E-state index in [9.17, 15) is 19.5 Å². The number of fused-ring (bicyclic) bond motifs is 3. The standard InChI is InChI=1S/C16H16N2O5/c1-7(2)10-3-8-4-13(20)15(21)17-14(8)11-5-12(19)9(16(22)23)6-18(10)11/h4-7,10,20H,3H2,1-2H3,(H,17,21)(H,22,23)/t10-/m0/s1. The van der Waals surface area contributed by atoms with Crippen LogP contribution >= 0.6 is 0 Å². The van der Waals surface area contributed by atoms with E-state index in [2.05, 4.69) is 4.98 Å². The average molecular weight is 316 g/mol. The van der Waals surface area contributed by atoms with Crippen molar-refractivity contribution in [3.8, 4) is 17.1 Å². The Bertz CT molecular complexity index is 923. The number of hydrogen-bond donors (Lipinski definition) is 3. The van der Waals surface area contributed by atoms with Gasteiger partial charge in [-0.25, -0.2) is 4.79 Å². The number of aromatic nitrogens is 2. The Kier molecular flexibility index (Phi) is 3.35. The summed E-state index contributed by atoms with van der Waals surface area (Å²) in [6.07, 6.45) is 1.85. The van der Waals surface area contributed by atoms with E-state index >= 15 is 0 Å². The summed E-state index contributed by atoms with van der Waals surface area (Å²) in [5, 5.41) is 18.8. The number of hydrogen-bond acceptors (Lipinski definition) is 4. The summed E-state index contributed by atoms with van der Waals surface area (Å²) in [5.74, 6) is -1.48. The number of rotatable bonds is 2. The molecule has 23 heavy (non-hydrogen) atoms. The molecule has 3 rings (SSSR count). The molecule has 0 fully saturated rings. The van der Waals surface area contributed by atoms with E-state index in [1.165, 1.54) is 18.3 Å². The van der Waals surface area contributed by atoms with Crippen LogP contribution in [0.4, 0.5) is 0 Å². The molecule has 2 aromatic rings. The molecule has 0 saturated heterocycles. The molecule has 3 N–H and O–H groups in total. The predicted molar refractivity (Wildman–Crippen MR) is 83.0 cm³/mol. The fourth-order valence-electron chi connectivity index (χ4n) is 3.02. The van der Waals surface area contributed by atoms with Gasteiger partial charge in [-0.05, 0) is 24.0 Å². The van der Waals surface area contributed by atoms with Gasteiger partial charge in [-0.3, -0.25) is 9.59 Å². The van der Waals surface area contributed by atoms with Gasteiger partial charge >= 0.3 is 5.97 Å². The molecule has 0 amide bonds. The van der Waals surface area contributed by atoms with Crippen molar-refractivity contribution in [2.75, 3.05) is 0 Å². The molecular weight excluding hydrogens is 300 g/mol. The SMILES string of the molecule is CC(C)[C@@H]1Cc2cc(O)c(=O)[nH]c2-c2cc(=O)c(C(=O)O)cn21. The average Bonchev–Trinajstić information content (AvgIpc) is 2.47. The summed E-state index contributed by atoms with van der Waals surface area (Å²) in [5.41, 5.74) is 0.0594. The minimum atomic E-state index is -1.28. The quantitative estimate of drug-likeness (QED) is 0.774. The Balaban J connectivity index is 2.35. The lowest BCUT2D eigenvalue weighted by molar-refractivity contribution is 0.0694. The predicted octanol–water partition coefficient (Wildman–Crippen LogP) is 1.36. The third kappa shape index (κ3) is 2.34. The molecule has 2 aromatic heterocycles. The first kappa shape index (κ1) is 15.1. The number of nitrogens with zero attached hydrogens (tertiary/aromatic N) is 1. The molecule has 0 radical (unpaired) electrons. The van der Waals surface area contributed by atoms with Gasteiger partial charge in [0.1, 0.15) is 5.56 Å².